The summed E-state index contributed by atoms with van der Waals surface area (Å²) in [7, 11) is 1.80. The van der Waals surface area contributed by atoms with Crippen LogP contribution in [0.1, 0.15) is 49.9 Å². The molecule has 1 unspecified atom stereocenters. The van der Waals surface area contributed by atoms with E-state index in [4.69, 9.17) is 9.47 Å². The number of rotatable bonds is 6. The smallest absolute Gasteiger partial charge is 0.191 e. The van der Waals surface area contributed by atoms with Gasteiger partial charge in [-0.25, -0.2) is 0 Å². The van der Waals surface area contributed by atoms with Crippen molar-refractivity contribution >= 4 is 29.9 Å². The molecule has 1 atom stereocenters. The maximum Gasteiger partial charge on any atom is 0.191 e. The van der Waals surface area contributed by atoms with Gasteiger partial charge in [0.25, 0.3) is 0 Å². The van der Waals surface area contributed by atoms with E-state index in [0.717, 1.165) is 24.7 Å². The van der Waals surface area contributed by atoms with Gasteiger partial charge in [0, 0.05) is 32.2 Å². The van der Waals surface area contributed by atoms with E-state index in [-0.39, 0.29) is 35.6 Å². The molecule has 0 radical (unpaired) electrons. The molecule has 3 rings (SSSR count). The van der Waals surface area contributed by atoms with Gasteiger partial charge < -0.3 is 20.1 Å². The molecule has 6 heteroatoms. The lowest BCUT2D eigenvalue weighted by Gasteiger charge is -2.38. The van der Waals surface area contributed by atoms with Gasteiger partial charge in [-0.2, -0.15) is 0 Å². The Hall–Kier alpha value is -1.80. The monoisotopic (exact) mass is 509 g/mol. The number of nitrogens with one attached hydrogen (secondary N) is 2. The van der Waals surface area contributed by atoms with Crippen molar-refractivity contribution < 1.29 is 9.47 Å². The zero-order valence-corrected chi connectivity index (χ0v) is 20.0. The minimum Gasteiger partial charge on any atom is -0.487 e. The Morgan fingerprint density at radius 3 is 2.52 bits per heavy atom. The SMILES string of the molecule is CCOCc1ccc(CNC(=NC)NC2CC(C)(C)Oc3ccccc32)cc1.I. The molecule has 0 saturated heterocycles. The van der Waals surface area contributed by atoms with Gasteiger partial charge in [0.1, 0.15) is 11.4 Å². The summed E-state index contributed by atoms with van der Waals surface area (Å²) in [6.45, 7) is 8.36. The molecule has 0 fully saturated rings. The second-order valence-corrected chi connectivity index (χ2v) is 7.68. The standard InChI is InChI=1S/C23H31N3O2.HI/c1-5-27-16-18-12-10-17(11-13-18)15-25-22(24-4)26-20-14-23(2,3)28-21-9-7-6-8-19(20)21;/h6-13,20H,5,14-16H2,1-4H3,(H2,24,25,26);1H. The highest BCUT2D eigenvalue weighted by Gasteiger charge is 2.33. The molecule has 1 aliphatic heterocycles. The molecule has 0 bridgehead atoms. The Morgan fingerprint density at radius 2 is 1.83 bits per heavy atom. The van der Waals surface area contributed by atoms with Gasteiger partial charge in [-0.3, -0.25) is 4.99 Å². The number of aliphatic imine (C=N–C) groups is 1. The Morgan fingerprint density at radius 1 is 1.14 bits per heavy atom. The third-order valence-corrected chi connectivity index (χ3v) is 4.87. The molecule has 0 spiro atoms. The van der Waals surface area contributed by atoms with Crippen molar-refractivity contribution in [3.8, 4) is 5.75 Å². The molecule has 29 heavy (non-hydrogen) atoms. The molecule has 0 aliphatic carbocycles. The highest BCUT2D eigenvalue weighted by atomic mass is 127. The molecule has 2 N–H and O–H groups in total. The molecular formula is C23H32IN3O2. The fraction of sp³-hybridized carbons (Fsp3) is 0.435. The fourth-order valence-electron chi connectivity index (χ4n) is 3.45. The number of hydrogen-bond donors (Lipinski definition) is 2. The maximum absolute atomic E-state index is 6.12. The van der Waals surface area contributed by atoms with Crippen molar-refractivity contribution in [3.63, 3.8) is 0 Å². The van der Waals surface area contributed by atoms with Crippen LogP contribution in [0.4, 0.5) is 0 Å². The molecule has 158 valence electrons. The zero-order valence-electron chi connectivity index (χ0n) is 17.7. The average Bonchev–Trinajstić information content (AvgIpc) is 2.69. The number of benzene rings is 2. The summed E-state index contributed by atoms with van der Waals surface area (Å²) in [6, 6.07) is 16.8. The predicted octanol–water partition coefficient (Wildman–Crippen LogP) is 4.81. The first-order valence-corrected chi connectivity index (χ1v) is 9.91. The number of para-hydroxylation sites is 1. The topological polar surface area (TPSA) is 54.9 Å². The van der Waals surface area contributed by atoms with Crippen molar-refractivity contribution in [3.05, 3.63) is 65.2 Å². The lowest BCUT2D eigenvalue weighted by Crippen LogP contribution is -2.45. The van der Waals surface area contributed by atoms with E-state index in [2.05, 4.69) is 65.9 Å². The first kappa shape index (κ1) is 23.5. The van der Waals surface area contributed by atoms with Crippen LogP contribution in [0.3, 0.4) is 0 Å². The Balaban J connectivity index is 0.00000300. The molecular weight excluding hydrogens is 477 g/mol. The molecule has 0 aromatic heterocycles. The van der Waals surface area contributed by atoms with Gasteiger partial charge in [0.05, 0.1) is 12.6 Å². The van der Waals surface area contributed by atoms with Crippen molar-refractivity contribution in [1.29, 1.82) is 0 Å². The van der Waals surface area contributed by atoms with Crippen molar-refractivity contribution in [2.75, 3.05) is 13.7 Å². The third-order valence-electron chi connectivity index (χ3n) is 4.87. The first-order chi connectivity index (χ1) is 13.5. The molecule has 5 nitrogen and oxygen atoms in total. The van der Waals surface area contributed by atoms with E-state index >= 15 is 0 Å². The Kier molecular flexibility index (Phi) is 8.77. The molecule has 2 aromatic rings. The lowest BCUT2D eigenvalue weighted by atomic mass is 9.90. The minimum atomic E-state index is -0.221. The average molecular weight is 509 g/mol. The van der Waals surface area contributed by atoms with E-state index in [1.54, 1.807) is 7.05 Å². The van der Waals surface area contributed by atoms with E-state index < -0.39 is 0 Å². The number of hydrogen-bond acceptors (Lipinski definition) is 3. The molecule has 1 aliphatic rings. The van der Waals surface area contributed by atoms with E-state index in [1.165, 1.54) is 16.7 Å². The highest BCUT2D eigenvalue weighted by molar-refractivity contribution is 14.0. The van der Waals surface area contributed by atoms with E-state index in [9.17, 15) is 0 Å². The van der Waals surface area contributed by atoms with Crippen LogP contribution in [0.25, 0.3) is 0 Å². The van der Waals surface area contributed by atoms with Gasteiger partial charge >= 0.3 is 0 Å². The number of halogens is 1. The summed E-state index contributed by atoms with van der Waals surface area (Å²) in [5.74, 6) is 1.73. The van der Waals surface area contributed by atoms with E-state index in [1.807, 2.05) is 19.1 Å². The van der Waals surface area contributed by atoms with Gasteiger partial charge in [-0.1, -0.05) is 42.5 Å². The van der Waals surface area contributed by atoms with E-state index in [0.29, 0.717) is 13.2 Å². The number of guanidine groups is 1. The van der Waals surface area contributed by atoms with Crippen molar-refractivity contribution in [1.82, 2.24) is 10.6 Å². The van der Waals surface area contributed by atoms with Gasteiger partial charge in [-0.15, -0.1) is 24.0 Å². The Labute approximate surface area is 191 Å². The zero-order chi connectivity index (χ0) is 20.0. The molecule has 1 heterocycles. The highest BCUT2D eigenvalue weighted by Crippen LogP contribution is 2.39. The molecule has 0 saturated carbocycles. The number of fused-ring (bicyclic) bond motifs is 1. The maximum atomic E-state index is 6.12. The second kappa shape index (κ2) is 10.8. The quantitative estimate of drug-likeness (QED) is 0.334. The van der Waals surface area contributed by atoms with Crippen LogP contribution in [-0.4, -0.2) is 25.2 Å². The largest absolute Gasteiger partial charge is 0.487 e. The summed E-state index contributed by atoms with van der Waals surface area (Å²) in [5, 5.41) is 6.99. The van der Waals surface area contributed by atoms with Gasteiger partial charge in [0.2, 0.25) is 0 Å². The fourth-order valence-corrected chi connectivity index (χ4v) is 3.45. The van der Waals surface area contributed by atoms with Crippen LogP contribution in [0.5, 0.6) is 5.75 Å². The van der Waals surface area contributed by atoms with Gasteiger partial charge in [-0.05, 0) is 38.0 Å². The summed E-state index contributed by atoms with van der Waals surface area (Å²) < 4.78 is 11.6. The van der Waals surface area contributed by atoms with Crippen LogP contribution in [0, 0.1) is 0 Å². The summed E-state index contributed by atoms with van der Waals surface area (Å²) in [6.07, 6.45) is 0.872. The Bertz CT molecular complexity index is 806. The first-order valence-electron chi connectivity index (χ1n) is 9.91. The van der Waals surface area contributed by atoms with Gasteiger partial charge in [0.15, 0.2) is 5.96 Å². The molecule has 0 amide bonds. The van der Waals surface area contributed by atoms with Crippen LogP contribution in [0.15, 0.2) is 53.5 Å². The van der Waals surface area contributed by atoms with Crippen LogP contribution in [0.2, 0.25) is 0 Å². The minimum absolute atomic E-state index is 0. The lowest BCUT2D eigenvalue weighted by molar-refractivity contribution is 0.0694. The molecule has 2 aromatic carbocycles. The number of nitrogens with zero attached hydrogens (tertiary/aromatic N) is 1. The summed E-state index contributed by atoms with van der Waals surface area (Å²) >= 11 is 0. The third kappa shape index (κ3) is 6.60. The number of ether oxygens (including phenoxy) is 2. The normalized spacial score (nSPS) is 17.5. The van der Waals surface area contributed by atoms with Crippen LogP contribution in [-0.2, 0) is 17.9 Å². The predicted molar refractivity (Wildman–Crippen MR) is 129 cm³/mol. The summed E-state index contributed by atoms with van der Waals surface area (Å²) in [4.78, 5) is 4.41. The second-order valence-electron chi connectivity index (χ2n) is 7.68. The van der Waals surface area contributed by atoms with Crippen molar-refractivity contribution in [2.45, 2.75) is 52.0 Å². The van der Waals surface area contributed by atoms with Crippen molar-refractivity contribution in [2.24, 2.45) is 4.99 Å². The summed E-state index contributed by atoms with van der Waals surface area (Å²) in [5.41, 5.74) is 3.34. The van der Waals surface area contributed by atoms with Crippen LogP contribution < -0.4 is 15.4 Å². The van der Waals surface area contributed by atoms with Crippen LogP contribution >= 0.6 is 24.0 Å².